The largest absolute Gasteiger partial charge is 0.497 e. The molecule has 1 amide bonds. The average molecular weight is 384 g/mol. The molecule has 0 unspecified atom stereocenters. The molecule has 0 fully saturated rings. The molecule has 0 spiro atoms. The van der Waals surface area contributed by atoms with Crippen LogP contribution in [0.25, 0.3) is 0 Å². The summed E-state index contributed by atoms with van der Waals surface area (Å²) in [6.45, 7) is 1.64. The number of benzene rings is 2. The van der Waals surface area contributed by atoms with Crippen LogP contribution >= 0.6 is 15.9 Å². The molecule has 1 N–H and O–H groups in total. The van der Waals surface area contributed by atoms with Crippen LogP contribution in [0.1, 0.15) is 15.9 Å². The van der Waals surface area contributed by atoms with Gasteiger partial charge in [0.05, 0.1) is 12.0 Å². The highest BCUT2D eigenvalue weighted by atomic mass is 79.9. The molecule has 0 saturated carbocycles. The Labute approximate surface area is 137 Å². The Hall–Kier alpha value is -1.86. The second kappa shape index (κ2) is 6.50. The first-order valence-electron chi connectivity index (χ1n) is 6.31. The Bertz CT molecular complexity index is 801. The topological polar surface area (TPSA) is 72.5 Å². The number of rotatable bonds is 4. The summed E-state index contributed by atoms with van der Waals surface area (Å²) in [6, 6.07) is 10.9. The highest BCUT2D eigenvalue weighted by Crippen LogP contribution is 2.21. The summed E-state index contributed by atoms with van der Waals surface area (Å²) in [5.74, 6) is -0.126. The van der Waals surface area contributed by atoms with Gasteiger partial charge in [-0.3, -0.25) is 4.79 Å². The van der Waals surface area contributed by atoms with Gasteiger partial charge in [0, 0.05) is 10.0 Å². The molecule has 2 rings (SSSR count). The van der Waals surface area contributed by atoms with E-state index in [0.29, 0.717) is 11.3 Å². The lowest BCUT2D eigenvalue weighted by Gasteiger charge is -2.10. The van der Waals surface area contributed by atoms with Crippen molar-refractivity contribution >= 4 is 31.9 Å². The molecule has 0 radical (unpaired) electrons. The Morgan fingerprint density at radius 1 is 1.14 bits per heavy atom. The summed E-state index contributed by atoms with van der Waals surface area (Å²) in [5, 5.41) is 0. The summed E-state index contributed by atoms with van der Waals surface area (Å²) in [4.78, 5) is 12.1. The fourth-order valence-corrected chi connectivity index (χ4v) is 3.35. The Kier molecular flexibility index (Phi) is 4.87. The van der Waals surface area contributed by atoms with Crippen molar-refractivity contribution in [3.05, 3.63) is 58.1 Å². The number of aryl methyl sites for hydroxylation is 1. The molecule has 0 atom stereocenters. The zero-order chi connectivity index (χ0) is 16.3. The first kappa shape index (κ1) is 16.5. The number of halogens is 1. The molecule has 0 aliphatic carbocycles. The van der Waals surface area contributed by atoms with Gasteiger partial charge in [-0.25, -0.2) is 13.1 Å². The van der Waals surface area contributed by atoms with Gasteiger partial charge in [-0.1, -0.05) is 15.9 Å². The van der Waals surface area contributed by atoms with Gasteiger partial charge in [0.25, 0.3) is 15.9 Å². The van der Waals surface area contributed by atoms with Gasteiger partial charge in [0.1, 0.15) is 5.75 Å². The lowest BCUT2D eigenvalue weighted by atomic mass is 10.2. The standard InChI is InChI=1S/C15H14BrNO4S/c1-10-9-13(21-2)7-8-14(10)22(19,20)17-15(18)11-3-5-12(16)6-4-11/h3-9H,1-2H3,(H,17,18). The maximum atomic E-state index is 12.3. The van der Waals surface area contributed by atoms with Crippen molar-refractivity contribution < 1.29 is 17.9 Å². The van der Waals surface area contributed by atoms with E-state index in [1.165, 1.54) is 31.4 Å². The number of hydrogen-bond donors (Lipinski definition) is 1. The van der Waals surface area contributed by atoms with Crippen molar-refractivity contribution in [2.45, 2.75) is 11.8 Å². The third-order valence-electron chi connectivity index (χ3n) is 3.01. The minimum absolute atomic E-state index is 0.0405. The molecule has 22 heavy (non-hydrogen) atoms. The predicted molar refractivity (Wildman–Crippen MR) is 86.5 cm³/mol. The SMILES string of the molecule is COc1ccc(S(=O)(=O)NC(=O)c2ccc(Br)cc2)c(C)c1. The van der Waals surface area contributed by atoms with E-state index >= 15 is 0 Å². The zero-order valence-corrected chi connectivity index (χ0v) is 14.4. The second-order valence-electron chi connectivity index (χ2n) is 4.57. The molecule has 0 saturated heterocycles. The zero-order valence-electron chi connectivity index (χ0n) is 12.0. The lowest BCUT2D eigenvalue weighted by molar-refractivity contribution is 0.0981. The molecule has 2 aromatic carbocycles. The maximum absolute atomic E-state index is 12.3. The van der Waals surface area contributed by atoms with Gasteiger partial charge in [-0.2, -0.15) is 0 Å². The van der Waals surface area contributed by atoms with Gasteiger partial charge in [-0.05, 0) is 55.0 Å². The molecule has 0 aliphatic heterocycles. The number of ether oxygens (including phenoxy) is 1. The second-order valence-corrected chi connectivity index (χ2v) is 7.14. The molecule has 7 heteroatoms. The lowest BCUT2D eigenvalue weighted by Crippen LogP contribution is -2.31. The molecular formula is C15H14BrNO4S. The molecule has 0 bridgehead atoms. The number of carbonyl (C=O) groups excluding carboxylic acids is 1. The molecule has 0 heterocycles. The smallest absolute Gasteiger partial charge is 0.264 e. The molecule has 116 valence electrons. The summed E-state index contributed by atoms with van der Waals surface area (Å²) < 4.78 is 32.5. The monoisotopic (exact) mass is 383 g/mol. The Morgan fingerprint density at radius 2 is 1.77 bits per heavy atom. The van der Waals surface area contributed by atoms with Crippen molar-refractivity contribution in [2.75, 3.05) is 7.11 Å². The summed E-state index contributed by atoms with van der Waals surface area (Å²) in [7, 11) is -2.44. The van der Waals surface area contributed by atoms with Crippen LogP contribution in [-0.2, 0) is 10.0 Å². The summed E-state index contributed by atoms with van der Waals surface area (Å²) in [6.07, 6.45) is 0. The average Bonchev–Trinajstić information content (AvgIpc) is 2.46. The third-order valence-corrected chi connectivity index (χ3v) is 5.02. The summed E-state index contributed by atoms with van der Waals surface area (Å²) in [5.41, 5.74) is 0.758. The van der Waals surface area contributed by atoms with Crippen molar-refractivity contribution in [1.82, 2.24) is 4.72 Å². The minimum Gasteiger partial charge on any atom is -0.497 e. The molecule has 0 aromatic heterocycles. The van der Waals surface area contributed by atoms with Crippen LogP contribution < -0.4 is 9.46 Å². The van der Waals surface area contributed by atoms with Crippen LogP contribution in [0.3, 0.4) is 0 Å². The van der Waals surface area contributed by atoms with Crippen LogP contribution in [-0.4, -0.2) is 21.4 Å². The number of sulfonamides is 1. The number of methoxy groups -OCH3 is 1. The van der Waals surface area contributed by atoms with E-state index in [1.54, 1.807) is 25.1 Å². The van der Waals surface area contributed by atoms with Gasteiger partial charge in [-0.15, -0.1) is 0 Å². The normalized spacial score (nSPS) is 11.0. The van der Waals surface area contributed by atoms with Crippen LogP contribution in [0.2, 0.25) is 0 Å². The predicted octanol–water partition coefficient (Wildman–Crippen LogP) is 2.88. The highest BCUT2D eigenvalue weighted by Gasteiger charge is 2.21. The fraction of sp³-hybridized carbons (Fsp3) is 0.133. The first-order valence-corrected chi connectivity index (χ1v) is 8.58. The van der Waals surface area contributed by atoms with E-state index in [0.717, 1.165) is 4.47 Å². The number of amides is 1. The van der Waals surface area contributed by atoms with Gasteiger partial charge >= 0.3 is 0 Å². The third kappa shape index (κ3) is 3.66. The molecule has 2 aromatic rings. The van der Waals surface area contributed by atoms with E-state index in [1.807, 2.05) is 0 Å². The van der Waals surface area contributed by atoms with Crippen molar-refractivity contribution in [3.8, 4) is 5.75 Å². The van der Waals surface area contributed by atoms with Crippen LogP contribution in [0, 0.1) is 6.92 Å². The van der Waals surface area contributed by atoms with Crippen molar-refractivity contribution in [3.63, 3.8) is 0 Å². The van der Waals surface area contributed by atoms with Crippen molar-refractivity contribution in [1.29, 1.82) is 0 Å². The number of carbonyl (C=O) groups is 1. The summed E-state index contributed by atoms with van der Waals surface area (Å²) >= 11 is 3.25. The Morgan fingerprint density at radius 3 is 2.32 bits per heavy atom. The maximum Gasteiger partial charge on any atom is 0.264 e. The highest BCUT2D eigenvalue weighted by molar-refractivity contribution is 9.10. The van der Waals surface area contributed by atoms with Crippen LogP contribution in [0.4, 0.5) is 0 Å². The Balaban J connectivity index is 2.27. The van der Waals surface area contributed by atoms with E-state index in [-0.39, 0.29) is 10.5 Å². The first-order chi connectivity index (χ1) is 10.3. The molecule has 5 nitrogen and oxygen atoms in total. The quantitative estimate of drug-likeness (QED) is 0.880. The number of nitrogens with one attached hydrogen (secondary N) is 1. The van der Waals surface area contributed by atoms with Gasteiger partial charge in [0.15, 0.2) is 0 Å². The van der Waals surface area contributed by atoms with E-state index in [2.05, 4.69) is 20.7 Å². The number of hydrogen-bond acceptors (Lipinski definition) is 4. The van der Waals surface area contributed by atoms with Crippen molar-refractivity contribution in [2.24, 2.45) is 0 Å². The van der Waals surface area contributed by atoms with Crippen LogP contribution in [0.15, 0.2) is 51.8 Å². The molecular weight excluding hydrogens is 370 g/mol. The van der Waals surface area contributed by atoms with Gasteiger partial charge < -0.3 is 4.74 Å². The minimum atomic E-state index is -3.94. The van der Waals surface area contributed by atoms with Gasteiger partial charge in [0.2, 0.25) is 0 Å². The fourth-order valence-electron chi connectivity index (χ4n) is 1.89. The molecule has 0 aliphatic rings. The van der Waals surface area contributed by atoms with E-state index < -0.39 is 15.9 Å². The van der Waals surface area contributed by atoms with Crippen LogP contribution in [0.5, 0.6) is 5.75 Å². The van der Waals surface area contributed by atoms with E-state index in [4.69, 9.17) is 4.74 Å². The van der Waals surface area contributed by atoms with E-state index in [9.17, 15) is 13.2 Å².